The summed E-state index contributed by atoms with van der Waals surface area (Å²) in [5.41, 5.74) is 21.6. The maximum atomic E-state index is 10.5. The Hall–Kier alpha value is -3.82. The number of fused-ring (bicyclic) bond motifs is 4. The van der Waals surface area contributed by atoms with Crippen LogP contribution < -0.4 is 35.2 Å². The highest BCUT2D eigenvalue weighted by molar-refractivity contribution is 9.12. The molecule has 19 heteroatoms. The minimum atomic E-state index is -0.399. The van der Waals surface area contributed by atoms with Gasteiger partial charge in [-0.2, -0.15) is 0 Å². The third-order valence-corrected chi connectivity index (χ3v) is 15.9. The van der Waals surface area contributed by atoms with Crippen molar-refractivity contribution in [1.29, 1.82) is 0 Å². The molecule has 0 saturated heterocycles. The first-order chi connectivity index (χ1) is 35.4. The van der Waals surface area contributed by atoms with Crippen LogP contribution in [0.2, 0.25) is 0 Å². The van der Waals surface area contributed by atoms with Crippen LogP contribution in [0, 0.1) is 10.1 Å². The quantitative estimate of drug-likeness (QED) is 0.0632. The van der Waals surface area contributed by atoms with E-state index in [1.807, 2.05) is 60.7 Å². The number of phenols is 1. The molecule has 0 bridgehead atoms. The fraction of sp³-hybridized carbons (Fsp3) is 0.236. The molecule has 4 heterocycles. The van der Waals surface area contributed by atoms with E-state index >= 15 is 0 Å². The molecule has 5 N–H and O–H groups in total. The van der Waals surface area contributed by atoms with E-state index in [1.165, 1.54) is 33.9 Å². The summed E-state index contributed by atoms with van der Waals surface area (Å²) >= 11 is 26.5. The summed E-state index contributed by atoms with van der Waals surface area (Å²) in [6.45, 7) is 8.05. The molecule has 0 spiro atoms. The van der Waals surface area contributed by atoms with Gasteiger partial charge in [-0.1, -0.05) is 78.3 Å². The van der Waals surface area contributed by atoms with Crippen molar-refractivity contribution in [3.63, 3.8) is 0 Å². The Bertz CT molecular complexity index is 3010. The van der Waals surface area contributed by atoms with E-state index in [0.29, 0.717) is 32.5 Å². The predicted octanol–water partition coefficient (Wildman–Crippen LogP) is 17.5. The zero-order chi connectivity index (χ0) is 53.5. The van der Waals surface area contributed by atoms with Gasteiger partial charge in [-0.3, -0.25) is 10.1 Å². The SMILES string of the molecule is BrCCOc1c(Br)cccc1Br.Brc1cccc2c1OCC2.CC(C)c1ccc(-c2cc(N)cc3c2OCC3)cc1.Nc1cc(Br)c2c(c1)CCO2.O=[N+]([O-])c1cc(Br)c2c(c1)CCO2.Oc1c(Br)cccc1Br. The molecular formula is C55H51Br8N3O8. The summed E-state index contributed by atoms with van der Waals surface area (Å²) in [6, 6.07) is 37.0. The number of para-hydroxylation sites is 3. The minimum Gasteiger partial charge on any atom is -0.506 e. The van der Waals surface area contributed by atoms with E-state index in [2.05, 4.69) is 172 Å². The number of nitro benzene ring substituents is 1. The second-order valence-corrected chi connectivity index (χ2v) is 23.6. The lowest BCUT2D eigenvalue weighted by Gasteiger charge is -2.11. The number of hydrogen-bond donors (Lipinski definition) is 3. The molecule has 74 heavy (non-hydrogen) atoms. The number of halogens is 8. The number of nitrogens with zero attached hydrogens (tertiary/aromatic N) is 1. The molecule has 0 fully saturated rings. The maximum absolute atomic E-state index is 10.5. The van der Waals surface area contributed by atoms with E-state index in [4.69, 9.17) is 40.3 Å². The van der Waals surface area contributed by atoms with Crippen LogP contribution in [0.15, 0.2) is 147 Å². The highest BCUT2D eigenvalue weighted by atomic mass is 79.9. The molecule has 0 aliphatic carbocycles. The lowest BCUT2D eigenvalue weighted by Crippen LogP contribution is -1.98. The van der Waals surface area contributed by atoms with E-state index in [0.717, 1.165) is 120 Å². The molecule has 0 saturated carbocycles. The van der Waals surface area contributed by atoms with Gasteiger partial charge < -0.3 is 40.3 Å². The second kappa shape index (κ2) is 29.1. The number of rotatable bonds is 6. The standard InChI is InChI=1S/C17H19NO.C8H7Br3O.C8H6BrNO3.C8H8BrNO.C8H7BrO.C6H4Br2O/c1-11(2)12-3-5-13(6-4-12)16-10-15(18)9-14-7-8-19-17(14)16;9-4-5-12-8-6(10)2-1-3-7(8)11;9-7-4-6(10(11)12)3-5-1-2-13-8(5)7;9-7-4-6(10)3-5-1-2-11-8(5)7;9-7-3-1-2-6-4-5-10-8(6)7;7-4-2-1-3-5(8)6(4)9/h3-6,9-11H,7-8,18H2,1-2H3;1-3H,4-5H2;3-4H,1-2H2;3-4H,1-2,10H2;1-3H,4-5H2;1-3,9H. The van der Waals surface area contributed by atoms with Crippen molar-refractivity contribution in [3.8, 4) is 45.6 Å². The van der Waals surface area contributed by atoms with Crippen LogP contribution in [0.5, 0.6) is 34.5 Å². The summed E-state index contributed by atoms with van der Waals surface area (Å²) in [4.78, 5) is 10.1. The molecule has 0 aromatic heterocycles. The lowest BCUT2D eigenvalue weighted by atomic mass is 9.96. The van der Waals surface area contributed by atoms with Gasteiger partial charge in [0.15, 0.2) is 0 Å². The van der Waals surface area contributed by atoms with Crippen LogP contribution in [-0.4, -0.2) is 48.4 Å². The van der Waals surface area contributed by atoms with Crippen LogP contribution in [0.25, 0.3) is 11.1 Å². The molecule has 11 nitrogen and oxygen atoms in total. The lowest BCUT2D eigenvalue weighted by molar-refractivity contribution is -0.385. The van der Waals surface area contributed by atoms with Gasteiger partial charge in [0, 0.05) is 76.8 Å². The van der Waals surface area contributed by atoms with Gasteiger partial charge in [-0.25, -0.2) is 0 Å². The first-order valence-electron chi connectivity index (χ1n) is 23.1. The average Bonchev–Trinajstić information content (AvgIpc) is 4.23. The van der Waals surface area contributed by atoms with E-state index < -0.39 is 4.92 Å². The maximum Gasteiger partial charge on any atom is 0.271 e. The van der Waals surface area contributed by atoms with Gasteiger partial charge in [0.25, 0.3) is 5.69 Å². The van der Waals surface area contributed by atoms with Crippen molar-refractivity contribution in [2.75, 3.05) is 49.8 Å². The normalized spacial score (nSPS) is 12.7. The third kappa shape index (κ3) is 16.6. The number of aromatic hydroxyl groups is 1. The second-order valence-electron chi connectivity index (χ2n) is 16.8. The molecule has 0 radical (unpaired) electrons. The molecule has 390 valence electrons. The van der Waals surface area contributed by atoms with E-state index in [9.17, 15) is 10.1 Å². The first-order valence-corrected chi connectivity index (χ1v) is 29.7. The van der Waals surface area contributed by atoms with Gasteiger partial charge in [-0.15, -0.1) is 0 Å². The number of phenolic OH excluding ortho intramolecular Hbond substituents is 1. The topological polar surface area (TPSA) is 162 Å². The van der Waals surface area contributed by atoms with Crippen molar-refractivity contribution >= 4 is 145 Å². The van der Waals surface area contributed by atoms with Crippen LogP contribution in [0.3, 0.4) is 0 Å². The highest BCUT2D eigenvalue weighted by Gasteiger charge is 2.21. The van der Waals surface area contributed by atoms with E-state index in [-0.39, 0.29) is 11.4 Å². The van der Waals surface area contributed by atoms with Gasteiger partial charge in [0.2, 0.25) is 0 Å². The Morgan fingerprint density at radius 3 is 1.53 bits per heavy atom. The van der Waals surface area contributed by atoms with Gasteiger partial charge in [0.1, 0.15) is 34.5 Å². The Balaban J connectivity index is 0.000000147. The van der Waals surface area contributed by atoms with Crippen LogP contribution in [-0.2, 0) is 25.7 Å². The number of benzene rings is 7. The Morgan fingerprint density at radius 1 is 0.568 bits per heavy atom. The molecular weight excluding hydrogens is 1470 g/mol. The van der Waals surface area contributed by atoms with Crippen molar-refractivity contribution in [1.82, 2.24) is 0 Å². The zero-order valence-electron chi connectivity index (χ0n) is 40.0. The molecule has 4 aliphatic rings. The van der Waals surface area contributed by atoms with E-state index in [1.54, 1.807) is 18.2 Å². The summed E-state index contributed by atoms with van der Waals surface area (Å²) in [7, 11) is 0. The predicted molar refractivity (Wildman–Crippen MR) is 325 cm³/mol. The Kier molecular flexibility index (Phi) is 23.3. The molecule has 0 amide bonds. The first kappa shape index (κ1) is 59.4. The molecule has 7 aromatic carbocycles. The third-order valence-electron chi connectivity index (χ3n) is 11.2. The molecule has 4 aliphatic heterocycles. The Labute approximate surface area is 498 Å². The number of nitrogens with two attached hydrogens (primary N) is 2. The smallest absolute Gasteiger partial charge is 0.271 e. The number of alkyl halides is 1. The molecule has 7 aromatic rings. The summed E-state index contributed by atoms with van der Waals surface area (Å²) in [5.74, 6) is 5.39. The van der Waals surface area contributed by atoms with Gasteiger partial charge >= 0.3 is 0 Å². The number of ether oxygens (including phenoxy) is 5. The van der Waals surface area contributed by atoms with Crippen molar-refractivity contribution < 1.29 is 33.7 Å². The summed E-state index contributed by atoms with van der Waals surface area (Å²) in [6.07, 6.45) is 3.72. The zero-order valence-corrected chi connectivity index (χ0v) is 52.7. The highest BCUT2D eigenvalue weighted by Crippen LogP contribution is 2.41. The molecule has 0 unspecified atom stereocenters. The summed E-state index contributed by atoms with van der Waals surface area (Å²) < 4.78 is 33.3. The number of non-ortho nitro benzene ring substituents is 1. The monoisotopic (exact) mass is 1510 g/mol. The molecule has 11 rings (SSSR count). The van der Waals surface area contributed by atoms with Crippen LogP contribution in [0.4, 0.5) is 17.1 Å². The fourth-order valence-electron chi connectivity index (χ4n) is 7.65. The number of anilines is 2. The fourth-order valence-corrected chi connectivity index (χ4v) is 11.8. The van der Waals surface area contributed by atoms with Gasteiger partial charge in [0.05, 0.1) is 69.3 Å². The van der Waals surface area contributed by atoms with Crippen molar-refractivity contribution in [3.05, 3.63) is 185 Å². The number of nitro groups is 1. The minimum absolute atomic E-state index is 0.108. The largest absolute Gasteiger partial charge is 0.506 e. The van der Waals surface area contributed by atoms with Crippen molar-refractivity contribution in [2.24, 2.45) is 0 Å². The van der Waals surface area contributed by atoms with Crippen LogP contribution >= 0.6 is 127 Å². The summed E-state index contributed by atoms with van der Waals surface area (Å²) in [5, 5.41) is 20.4. The number of nitrogen functional groups attached to an aromatic ring is 2. The average molecular weight is 1520 g/mol. The van der Waals surface area contributed by atoms with Crippen molar-refractivity contribution in [2.45, 2.75) is 45.4 Å². The van der Waals surface area contributed by atoms with Gasteiger partial charge in [-0.05, 0) is 189 Å². The van der Waals surface area contributed by atoms with Crippen LogP contribution in [0.1, 0.15) is 47.6 Å². The number of hydrogen-bond acceptors (Lipinski definition) is 10. The Morgan fingerprint density at radius 2 is 1.01 bits per heavy atom. The molecule has 0 atom stereocenters.